The average molecular weight is 533 g/mol. The molecule has 4 aromatic rings. The first kappa shape index (κ1) is 26.7. The van der Waals surface area contributed by atoms with E-state index in [4.69, 9.17) is 0 Å². The molecule has 2 heterocycles. The summed E-state index contributed by atoms with van der Waals surface area (Å²) in [5.74, 6) is -1.09. The van der Waals surface area contributed by atoms with E-state index in [1.54, 1.807) is 31.2 Å². The van der Waals surface area contributed by atoms with E-state index in [0.29, 0.717) is 35.1 Å². The van der Waals surface area contributed by atoms with E-state index in [0.717, 1.165) is 6.42 Å². The third kappa shape index (κ3) is 5.19. The van der Waals surface area contributed by atoms with Crippen molar-refractivity contribution in [3.8, 4) is 23.1 Å². The van der Waals surface area contributed by atoms with Gasteiger partial charge in [0.15, 0.2) is 4.90 Å². The maximum atomic E-state index is 13.6. The Morgan fingerprint density at radius 3 is 2.45 bits per heavy atom. The van der Waals surface area contributed by atoms with Crippen LogP contribution >= 0.6 is 0 Å². The summed E-state index contributed by atoms with van der Waals surface area (Å²) in [7, 11) is -4.47. The van der Waals surface area contributed by atoms with Gasteiger partial charge in [0.25, 0.3) is 5.56 Å². The third-order valence-corrected chi connectivity index (χ3v) is 8.06. The normalized spacial score (nSPS) is 12.2. The molecule has 0 aliphatic rings. The van der Waals surface area contributed by atoms with Gasteiger partial charge >= 0.3 is 0 Å². The molecule has 4 rings (SSSR count). The van der Waals surface area contributed by atoms with Gasteiger partial charge in [-0.1, -0.05) is 37.6 Å². The first-order valence-electron chi connectivity index (χ1n) is 12.0. The molecule has 0 unspecified atom stereocenters. The lowest BCUT2D eigenvalue weighted by atomic mass is 10.0. The molecule has 0 aliphatic carbocycles. The first-order valence-corrected chi connectivity index (χ1v) is 13.5. The van der Waals surface area contributed by atoms with Crippen LogP contribution in [0.25, 0.3) is 11.1 Å². The summed E-state index contributed by atoms with van der Waals surface area (Å²) < 4.78 is 41.7. The summed E-state index contributed by atoms with van der Waals surface area (Å²) in [5, 5.41) is 20.6. The lowest BCUT2D eigenvalue weighted by Gasteiger charge is -2.23. The predicted octanol–water partition coefficient (Wildman–Crippen LogP) is 4.81. The van der Waals surface area contributed by atoms with Crippen LogP contribution in [0.3, 0.4) is 0 Å². The molecule has 0 fully saturated rings. The minimum Gasteiger partial charge on any atom is -0.493 e. The van der Waals surface area contributed by atoms with Crippen LogP contribution in [0.4, 0.5) is 4.39 Å². The molecule has 0 aliphatic heterocycles. The number of nitriles is 1. The maximum absolute atomic E-state index is 13.6. The molecular weight excluding hydrogens is 507 g/mol. The van der Waals surface area contributed by atoms with Gasteiger partial charge in [-0.2, -0.15) is 14.6 Å². The molecule has 0 bridgehead atoms. The van der Waals surface area contributed by atoms with Crippen LogP contribution in [-0.2, 0) is 16.3 Å². The lowest BCUT2D eigenvalue weighted by molar-refractivity contribution is 0.369. The highest BCUT2D eigenvalue weighted by atomic mass is 32.2. The van der Waals surface area contributed by atoms with Crippen LogP contribution in [0.2, 0.25) is 0 Å². The predicted molar refractivity (Wildman–Crippen MR) is 139 cm³/mol. The molecule has 1 atom stereocenters. The number of rotatable bonds is 8. The molecule has 2 aromatic heterocycles. The van der Waals surface area contributed by atoms with E-state index < -0.39 is 38.2 Å². The van der Waals surface area contributed by atoms with E-state index in [9.17, 15) is 28.0 Å². The number of hydrogen-bond donors (Lipinski definition) is 1. The molecule has 1 N–H and O–H groups in total. The molecule has 8 nitrogen and oxygen atoms in total. The van der Waals surface area contributed by atoms with E-state index >= 15 is 0 Å². The summed E-state index contributed by atoms with van der Waals surface area (Å²) in [6.07, 6.45) is 3.14. The maximum Gasteiger partial charge on any atom is 0.296 e. The summed E-state index contributed by atoms with van der Waals surface area (Å²) in [6, 6.07) is 16.5. The van der Waals surface area contributed by atoms with Gasteiger partial charge in [0.2, 0.25) is 21.7 Å². The number of aromatic nitrogens is 3. The minimum atomic E-state index is -4.47. The van der Waals surface area contributed by atoms with Crippen molar-refractivity contribution in [3.63, 3.8) is 0 Å². The van der Waals surface area contributed by atoms with Gasteiger partial charge in [-0.15, -0.1) is 0 Å². The summed E-state index contributed by atoms with van der Waals surface area (Å²) in [5.41, 5.74) is 1.17. The Labute approximate surface area is 219 Å². The summed E-state index contributed by atoms with van der Waals surface area (Å²) in [4.78, 5) is 19.7. The standard InChI is InChI=1S/C28H25FN4O4S/c1-3-4-8-25-32-27(34)26(28(35)33(25)18(2)21-7-5-6-19(15-21)16-30)38(36,37)23-12-9-20(10-13-23)22-11-14-24(29)31-17-22/h5-7,9-15,17-18,35H,3-4,8H2,1-2H3/t18-/m0/s1. The molecule has 0 spiro atoms. The number of pyridine rings is 1. The highest BCUT2D eigenvalue weighted by molar-refractivity contribution is 7.91. The second-order valence-electron chi connectivity index (χ2n) is 8.77. The molecule has 0 saturated heterocycles. The number of unbranched alkanes of at least 4 members (excludes halogenated alkanes) is 1. The van der Waals surface area contributed by atoms with Crippen molar-refractivity contribution in [2.24, 2.45) is 0 Å². The zero-order valence-corrected chi connectivity index (χ0v) is 21.6. The van der Waals surface area contributed by atoms with Crippen LogP contribution in [0.1, 0.15) is 49.7 Å². The topological polar surface area (TPSA) is 126 Å². The Morgan fingerprint density at radius 1 is 1.11 bits per heavy atom. The Morgan fingerprint density at radius 2 is 1.82 bits per heavy atom. The molecule has 194 valence electrons. The quantitative estimate of drug-likeness (QED) is 0.323. The van der Waals surface area contributed by atoms with E-state index in [2.05, 4.69) is 16.0 Å². The number of hydrogen-bond acceptors (Lipinski definition) is 7. The minimum absolute atomic E-state index is 0.211. The zero-order chi connectivity index (χ0) is 27.4. The second kappa shape index (κ2) is 10.9. The van der Waals surface area contributed by atoms with Crippen molar-refractivity contribution in [1.82, 2.24) is 14.5 Å². The van der Waals surface area contributed by atoms with Gasteiger partial charge in [-0.3, -0.25) is 9.36 Å². The lowest BCUT2D eigenvalue weighted by Crippen LogP contribution is -2.27. The van der Waals surface area contributed by atoms with Crippen molar-refractivity contribution in [1.29, 1.82) is 5.26 Å². The Balaban J connectivity index is 1.83. The van der Waals surface area contributed by atoms with Crippen molar-refractivity contribution in [2.75, 3.05) is 0 Å². The van der Waals surface area contributed by atoms with E-state index in [-0.39, 0.29) is 10.7 Å². The number of sulfone groups is 1. The molecule has 2 aromatic carbocycles. The molecule has 0 amide bonds. The van der Waals surface area contributed by atoms with Gasteiger partial charge in [0.1, 0.15) is 5.82 Å². The van der Waals surface area contributed by atoms with Crippen LogP contribution in [0, 0.1) is 17.3 Å². The van der Waals surface area contributed by atoms with Gasteiger partial charge in [0.05, 0.1) is 22.6 Å². The Hall–Kier alpha value is -4.36. The van der Waals surface area contributed by atoms with Gasteiger partial charge in [0, 0.05) is 18.2 Å². The molecule has 38 heavy (non-hydrogen) atoms. The van der Waals surface area contributed by atoms with Crippen LogP contribution < -0.4 is 5.56 Å². The smallest absolute Gasteiger partial charge is 0.296 e. The summed E-state index contributed by atoms with van der Waals surface area (Å²) in [6.45, 7) is 3.70. The van der Waals surface area contributed by atoms with E-state index in [1.807, 2.05) is 6.92 Å². The molecule has 0 radical (unpaired) electrons. The number of benzene rings is 2. The fraction of sp³-hybridized carbons (Fsp3) is 0.214. The number of halogens is 1. The number of aryl methyl sites for hydroxylation is 1. The van der Waals surface area contributed by atoms with E-state index in [1.165, 1.54) is 47.2 Å². The SMILES string of the molecule is CCCCc1nc(=O)c(S(=O)(=O)c2ccc(-c3ccc(F)nc3)cc2)c(O)n1[C@@H](C)c1cccc(C#N)c1. The van der Waals surface area contributed by atoms with Crippen LogP contribution in [-0.4, -0.2) is 28.1 Å². The average Bonchev–Trinajstić information content (AvgIpc) is 2.91. The molecule has 10 heteroatoms. The largest absolute Gasteiger partial charge is 0.493 e. The number of nitrogens with zero attached hydrogens (tertiary/aromatic N) is 4. The fourth-order valence-electron chi connectivity index (χ4n) is 4.21. The van der Waals surface area contributed by atoms with Crippen molar-refractivity contribution in [3.05, 3.63) is 100 Å². The van der Waals surface area contributed by atoms with Crippen molar-refractivity contribution in [2.45, 2.75) is 48.9 Å². The van der Waals surface area contributed by atoms with Crippen LogP contribution in [0.15, 0.2) is 81.4 Å². The second-order valence-corrected chi connectivity index (χ2v) is 10.7. The zero-order valence-electron chi connectivity index (χ0n) is 20.8. The highest BCUT2D eigenvalue weighted by Crippen LogP contribution is 2.32. The fourth-order valence-corrected chi connectivity index (χ4v) is 5.55. The molecule has 0 saturated carbocycles. The van der Waals surface area contributed by atoms with Crippen LogP contribution in [0.5, 0.6) is 5.88 Å². The first-order chi connectivity index (χ1) is 18.2. The summed E-state index contributed by atoms with van der Waals surface area (Å²) >= 11 is 0. The molecular formula is C28H25FN4O4S. The monoisotopic (exact) mass is 532 g/mol. The van der Waals surface area contributed by atoms with Gasteiger partial charge < -0.3 is 5.11 Å². The Bertz CT molecular complexity index is 1680. The third-order valence-electron chi connectivity index (χ3n) is 6.27. The highest BCUT2D eigenvalue weighted by Gasteiger charge is 2.31. The number of aromatic hydroxyl groups is 1. The van der Waals surface area contributed by atoms with Gasteiger partial charge in [-0.05, 0) is 60.9 Å². The Kier molecular flexibility index (Phi) is 7.69. The van der Waals surface area contributed by atoms with Crippen molar-refractivity contribution < 1.29 is 17.9 Å². The van der Waals surface area contributed by atoms with Gasteiger partial charge in [-0.25, -0.2) is 13.4 Å². The van der Waals surface area contributed by atoms with Crippen molar-refractivity contribution >= 4 is 9.84 Å².